The normalized spacial score (nSPS) is 10.7. The molecular formula is C13H15NNaO6+. The fourth-order valence-electron chi connectivity index (χ4n) is 1.33. The Bertz CT molecular complexity index is 479. The maximum Gasteiger partial charge on any atom is 1.00 e. The molecule has 0 fully saturated rings. The van der Waals surface area contributed by atoms with E-state index in [4.69, 9.17) is 9.84 Å². The zero-order chi connectivity index (χ0) is 15.0. The average molecular weight is 304 g/mol. The van der Waals surface area contributed by atoms with Crippen molar-refractivity contribution in [1.29, 1.82) is 0 Å². The van der Waals surface area contributed by atoms with E-state index in [0.717, 1.165) is 5.56 Å². The van der Waals surface area contributed by atoms with Crippen LogP contribution in [0.3, 0.4) is 0 Å². The van der Waals surface area contributed by atoms with Crippen LogP contribution in [-0.4, -0.2) is 35.8 Å². The van der Waals surface area contributed by atoms with Crippen molar-refractivity contribution in [2.45, 2.75) is 19.6 Å². The second-order valence-electron chi connectivity index (χ2n) is 3.73. The first kappa shape index (κ1) is 19.4. The van der Waals surface area contributed by atoms with Gasteiger partial charge in [0.2, 0.25) is 6.04 Å². The van der Waals surface area contributed by atoms with Gasteiger partial charge in [-0.05, 0) is 12.5 Å². The zero-order valence-electron chi connectivity index (χ0n) is 11.9. The van der Waals surface area contributed by atoms with Crippen molar-refractivity contribution in [3.8, 4) is 0 Å². The van der Waals surface area contributed by atoms with E-state index in [9.17, 15) is 14.4 Å². The first-order valence-corrected chi connectivity index (χ1v) is 5.91. The van der Waals surface area contributed by atoms with Gasteiger partial charge in [0.25, 0.3) is 0 Å². The molecule has 108 valence electrons. The molecule has 1 aromatic rings. The first-order valence-electron chi connectivity index (χ1n) is 5.91. The molecule has 0 aliphatic heterocycles. The zero-order valence-corrected chi connectivity index (χ0v) is 13.9. The van der Waals surface area contributed by atoms with Gasteiger partial charge in [-0.2, -0.15) is 0 Å². The van der Waals surface area contributed by atoms with Crippen LogP contribution < -0.4 is 34.9 Å². The minimum atomic E-state index is -1.78. The van der Waals surface area contributed by atoms with Gasteiger partial charge in [0.15, 0.2) is 0 Å². The summed E-state index contributed by atoms with van der Waals surface area (Å²) in [5.74, 6) is -2.56. The van der Waals surface area contributed by atoms with Gasteiger partial charge in [-0.1, -0.05) is 30.3 Å². The number of carboxylic acid groups (broad SMARTS) is 1. The molecule has 1 amide bonds. The molecule has 0 aromatic heterocycles. The largest absolute Gasteiger partial charge is 1.00 e. The third kappa shape index (κ3) is 7.12. The van der Waals surface area contributed by atoms with Crippen molar-refractivity contribution >= 4 is 18.0 Å². The number of amides is 1. The van der Waals surface area contributed by atoms with Gasteiger partial charge in [-0.25, -0.2) is 14.4 Å². The molecular weight excluding hydrogens is 289 g/mol. The maximum atomic E-state index is 11.4. The monoisotopic (exact) mass is 304 g/mol. The number of rotatable bonds is 6. The van der Waals surface area contributed by atoms with Crippen molar-refractivity contribution in [2.24, 2.45) is 0 Å². The first-order chi connectivity index (χ1) is 9.54. The Hall–Kier alpha value is -1.57. The molecule has 7 nitrogen and oxygen atoms in total. The van der Waals surface area contributed by atoms with Crippen LogP contribution >= 0.6 is 0 Å². The quantitative estimate of drug-likeness (QED) is 0.356. The standard InChI is InChI=1S/C13H15NO6.Na/c1-2-19-12(17)10(11(15)16)14-13(18)20-8-9-6-4-3-5-7-9;/h3-7,10H,2,8H2,1H3,(H,14,18)(H,15,16);/q;+1. The van der Waals surface area contributed by atoms with Gasteiger partial charge in [-0.15, -0.1) is 0 Å². The van der Waals surface area contributed by atoms with Crippen molar-refractivity contribution < 1.29 is 58.5 Å². The minimum absolute atomic E-state index is 0. The Balaban J connectivity index is 0.00000400. The van der Waals surface area contributed by atoms with E-state index >= 15 is 0 Å². The summed E-state index contributed by atoms with van der Waals surface area (Å²) < 4.78 is 9.35. The number of hydrogen-bond donors (Lipinski definition) is 2. The Kier molecular flexibility index (Phi) is 9.44. The number of aliphatic carboxylic acids is 1. The van der Waals surface area contributed by atoms with E-state index in [0.29, 0.717) is 0 Å². The summed E-state index contributed by atoms with van der Waals surface area (Å²) in [6.07, 6.45) is -1.01. The van der Waals surface area contributed by atoms with Crippen LogP contribution in [0.2, 0.25) is 0 Å². The smallest absolute Gasteiger partial charge is 0.479 e. The molecule has 0 heterocycles. The molecule has 2 N–H and O–H groups in total. The maximum absolute atomic E-state index is 11.4. The van der Waals surface area contributed by atoms with E-state index in [1.54, 1.807) is 24.3 Å². The number of hydrogen-bond acceptors (Lipinski definition) is 5. The summed E-state index contributed by atoms with van der Waals surface area (Å²) >= 11 is 0. The summed E-state index contributed by atoms with van der Waals surface area (Å²) in [6.45, 7) is 1.52. The fourth-order valence-corrected chi connectivity index (χ4v) is 1.33. The molecule has 1 aromatic carbocycles. The van der Waals surface area contributed by atoms with Crippen molar-refractivity contribution in [3.05, 3.63) is 35.9 Å². The van der Waals surface area contributed by atoms with Crippen molar-refractivity contribution in [1.82, 2.24) is 5.32 Å². The number of benzene rings is 1. The predicted molar refractivity (Wildman–Crippen MR) is 67.8 cm³/mol. The summed E-state index contributed by atoms with van der Waals surface area (Å²) in [7, 11) is 0. The van der Waals surface area contributed by atoms with Gasteiger partial charge in [0.1, 0.15) is 6.61 Å². The number of carbonyl (C=O) groups excluding carboxylic acids is 2. The Labute approximate surface area is 143 Å². The van der Waals surface area contributed by atoms with Crippen LogP contribution in [0.1, 0.15) is 12.5 Å². The number of nitrogens with one attached hydrogen (secondary N) is 1. The third-order valence-electron chi connectivity index (χ3n) is 2.24. The molecule has 1 atom stereocenters. The molecule has 0 saturated heterocycles. The summed E-state index contributed by atoms with van der Waals surface area (Å²) in [5.41, 5.74) is 0.741. The second kappa shape index (κ2) is 10.2. The van der Waals surface area contributed by atoms with Crippen LogP contribution in [0.4, 0.5) is 4.79 Å². The van der Waals surface area contributed by atoms with E-state index in [1.165, 1.54) is 6.92 Å². The average Bonchev–Trinajstić information content (AvgIpc) is 2.43. The van der Waals surface area contributed by atoms with Gasteiger partial charge in [0.05, 0.1) is 6.61 Å². The summed E-state index contributed by atoms with van der Waals surface area (Å²) in [4.78, 5) is 33.6. The molecule has 0 spiro atoms. The van der Waals surface area contributed by atoms with Crippen LogP contribution in [0.25, 0.3) is 0 Å². The number of esters is 1. The van der Waals surface area contributed by atoms with Crippen molar-refractivity contribution in [2.75, 3.05) is 6.61 Å². The van der Waals surface area contributed by atoms with Gasteiger partial charge in [-0.3, -0.25) is 5.32 Å². The molecule has 0 saturated carbocycles. The number of carbonyl (C=O) groups is 3. The van der Waals surface area contributed by atoms with E-state index < -0.39 is 24.1 Å². The van der Waals surface area contributed by atoms with Crippen LogP contribution in [0, 0.1) is 0 Å². The predicted octanol–water partition coefficient (Wildman–Crippen LogP) is -2.07. The van der Waals surface area contributed by atoms with E-state index in [1.807, 2.05) is 11.4 Å². The SMILES string of the molecule is CCOC(=O)C(NC(=O)OCc1ccccc1)C(=O)O.[Na+]. The summed E-state index contributed by atoms with van der Waals surface area (Å²) in [5, 5.41) is 10.8. The second-order valence-corrected chi connectivity index (χ2v) is 3.73. The molecule has 8 heteroatoms. The molecule has 0 aliphatic rings. The van der Waals surface area contributed by atoms with E-state index in [-0.39, 0.29) is 42.8 Å². The van der Waals surface area contributed by atoms with Crippen LogP contribution in [-0.2, 0) is 25.7 Å². The van der Waals surface area contributed by atoms with Gasteiger partial charge < -0.3 is 14.6 Å². The molecule has 21 heavy (non-hydrogen) atoms. The van der Waals surface area contributed by atoms with Gasteiger partial charge in [0, 0.05) is 0 Å². The molecule has 0 radical (unpaired) electrons. The minimum Gasteiger partial charge on any atom is -0.479 e. The molecule has 1 rings (SSSR count). The third-order valence-corrected chi connectivity index (χ3v) is 2.24. The number of ether oxygens (including phenoxy) is 2. The fraction of sp³-hybridized carbons (Fsp3) is 0.308. The number of alkyl carbamates (subject to hydrolysis) is 1. The van der Waals surface area contributed by atoms with Crippen LogP contribution in [0.5, 0.6) is 0 Å². The Morgan fingerprint density at radius 1 is 1.19 bits per heavy atom. The van der Waals surface area contributed by atoms with E-state index in [2.05, 4.69) is 4.74 Å². The van der Waals surface area contributed by atoms with Crippen LogP contribution in [0.15, 0.2) is 30.3 Å². The molecule has 1 unspecified atom stereocenters. The number of carboxylic acids is 1. The molecule has 0 bridgehead atoms. The van der Waals surface area contributed by atoms with Gasteiger partial charge >= 0.3 is 47.6 Å². The molecule has 0 aliphatic carbocycles. The summed E-state index contributed by atoms with van der Waals surface area (Å²) in [6, 6.07) is 7.06. The van der Waals surface area contributed by atoms with Crippen molar-refractivity contribution in [3.63, 3.8) is 0 Å². The topological polar surface area (TPSA) is 102 Å². The Morgan fingerprint density at radius 3 is 2.33 bits per heavy atom. The Morgan fingerprint density at radius 2 is 1.81 bits per heavy atom.